The number of rotatable bonds is 4. The van der Waals surface area contributed by atoms with E-state index in [1.807, 2.05) is 41.1 Å². The lowest BCUT2D eigenvalue weighted by atomic mass is 10.2. The zero-order chi connectivity index (χ0) is 12.1. The van der Waals surface area contributed by atoms with Crippen molar-refractivity contribution in [3.8, 4) is 0 Å². The number of nitrogens with zero attached hydrogens (tertiary/aromatic N) is 2. The summed E-state index contributed by atoms with van der Waals surface area (Å²) >= 11 is 5.50. The molecule has 86 valence electrons. The summed E-state index contributed by atoms with van der Waals surface area (Å²) in [5.41, 5.74) is 1.58. The van der Waals surface area contributed by atoms with E-state index in [1.54, 1.807) is 12.4 Å². The Morgan fingerprint density at radius 3 is 2.76 bits per heavy atom. The van der Waals surface area contributed by atoms with Crippen LogP contribution in [0.1, 0.15) is 16.1 Å². The maximum atomic E-state index is 11.4. The van der Waals surface area contributed by atoms with Crippen LogP contribution in [0.5, 0.6) is 0 Å². The molecule has 0 fully saturated rings. The van der Waals surface area contributed by atoms with Crippen molar-refractivity contribution < 1.29 is 9.36 Å². The number of aromatic nitrogens is 2. The maximum Gasteiger partial charge on any atom is 0.202 e. The summed E-state index contributed by atoms with van der Waals surface area (Å²) in [5.74, 6) is -0.198. The Kier molecular flexibility index (Phi) is 3.83. The zero-order valence-electron chi connectivity index (χ0n) is 9.21. The molecule has 0 N–H and O–H groups in total. The summed E-state index contributed by atoms with van der Waals surface area (Å²) < 4.78 is 1.92. The predicted octanol–water partition coefficient (Wildman–Crippen LogP) is 1.84. The van der Waals surface area contributed by atoms with Crippen LogP contribution in [0.3, 0.4) is 0 Å². The second-order valence-corrected chi connectivity index (χ2v) is 3.92. The average Bonchev–Trinajstić information content (AvgIpc) is 2.39. The van der Waals surface area contributed by atoms with Crippen molar-refractivity contribution in [1.29, 1.82) is 0 Å². The SMILES string of the molecule is O=C(CCl)c1c[n+](Cc2ccccc2)ccn1. The molecule has 0 bridgehead atoms. The van der Waals surface area contributed by atoms with E-state index in [2.05, 4.69) is 4.98 Å². The maximum absolute atomic E-state index is 11.4. The number of hydrogen-bond donors (Lipinski definition) is 0. The van der Waals surface area contributed by atoms with Crippen LogP contribution in [0.15, 0.2) is 48.9 Å². The van der Waals surface area contributed by atoms with E-state index in [0.29, 0.717) is 12.2 Å². The largest absolute Gasteiger partial charge is 0.291 e. The fourth-order valence-electron chi connectivity index (χ4n) is 1.54. The minimum atomic E-state index is -0.158. The third-order valence-corrected chi connectivity index (χ3v) is 2.62. The summed E-state index contributed by atoms with van der Waals surface area (Å²) in [6, 6.07) is 10.0. The van der Waals surface area contributed by atoms with Gasteiger partial charge in [0, 0.05) is 5.56 Å². The molecule has 0 aliphatic rings. The Morgan fingerprint density at radius 2 is 2.06 bits per heavy atom. The van der Waals surface area contributed by atoms with Crippen molar-refractivity contribution in [2.24, 2.45) is 0 Å². The van der Waals surface area contributed by atoms with Gasteiger partial charge in [-0.2, -0.15) is 4.57 Å². The van der Waals surface area contributed by atoms with Gasteiger partial charge in [0.1, 0.15) is 0 Å². The fraction of sp³-hybridized carbons (Fsp3) is 0.154. The van der Waals surface area contributed by atoms with Crippen molar-refractivity contribution in [3.63, 3.8) is 0 Å². The van der Waals surface area contributed by atoms with Crippen LogP contribution in [0.2, 0.25) is 0 Å². The van der Waals surface area contributed by atoms with Crippen molar-refractivity contribution >= 4 is 17.4 Å². The van der Waals surface area contributed by atoms with Gasteiger partial charge in [-0.05, 0) is 0 Å². The minimum absolute atomic E-state index is 0.0393. The van der Waals surface area contributed by atoms with E-state index in [0.717, 1.165) is 0 Å². The Balaban J connectivity index is 2.20. The highest BCUT2D eigenvalue weighted by molar-refractivity contribution is 6.30. The Labute approximate surface area is 105 Å². The molecule has 1 aromatic carbocycles. The second-order valence-electron chi connectivity index (χ2n) is 3.66. The number of hydrogen-bond acceptors (Lipinski definition) is 2. The third-order valence-electron chi connectivity index (χ3n) is 2.37. The lowest BCUT2D eigenvalue weighted by Crippen LogP contribution is -2.35. The van der Waals surface area contributed by atoms with Gasteiger partial charge in [-0.25, -0.2) is 4.98 Å². The minimum Gasteiger partial charge on any atom is -0.291 e. The number of halogens is 1. The molecule has 0 aliphatic carbocycles. The van der Waals surface area contributed by atoms with E-state index in [4.69, 9.17) is 11.6 Å². The molecule has 4 heteroatoms. The van der Waals surface area contributed by atoms with Crippen LogP contribution < -0.4 is 4.57 Å². The second kappa shape index (κ2) is 5.55. The van der Waals surface area contributed by atoms with Gasteiger partial charge in [-0.3, -0.25) is 4.79 Å². The smallest absolute Gasteiger partial charge is 0.202 e. The molecule has 2 rings (SSSR count). The number of ketones is 1. The van der Waals surface area contributed by atoms with E-state index in [1.165, 1.54) is 5.56 Å². The van der Waals surface area contributed by atoms with Crippen LogP contribution in [0.25, 0.3) is 0 Å². The first-order valence-corrected chi connectivity index (χ1v) is 5.81. The van der Waals surface area contributed by atoms with Gasteiger partial charge in [-0.1, -0.05) is 30.3 Å². The van der Waals surface area contributed by atoms with E-state index in [9.17, 15) is 4.79 Å². The van der Waals surface area contributed by atoms with E-state index in [-0.39, 0.29) is 11.7 Å². The van der Waals surface area contributed by atoms with Gasteiger partial charge in [-0.15, -0.1) is 11.6 Å². The number of Topliss-reactive ketones (excluding diaryl/α,β-unsaturated/α-hetero) is 1. The van der Waals surface area contributed by atoms with Crippen LogP contribution in [0, 0.1) is 0 Å². The summed E-state index contributed by atoms with van der Waals surface area (Å²) in [5, 5.41) is 0. The molecular weight excluding hydrogens is 236 g/mol. The molecule has 0 spiro atoms. The highest BCUT2D eigenvalue weighted by Gasteiger charge is 2.11. The van der Waals surface area contributed by atoms with Crippen LogP contribution in [-0.2, 0) is 6.54 Å². The molecular formula is C13H12ClN2O+. The Hall–Kier alpha value is -1.74. The normalized spacial score (nSPS) is 10.2. The zero-order valence-corrected chi connectivity index (χ0v) is 9.97. The highest BCUT2D eigenvalue weighted by Crippen LogP contribution is 1.98. The summed E-state index contributed by atoms with van der Waals surface area (Å²) in [4.78, 5) is 15.4. The van der Waals surface area contributed by atoms with Gasteiger partial charge >= 0.3 is 0 Å². The molecule has 0 saturated heterocycles. The molecule has 0 unspecified atom stereocenters. The molecule has 2 aromatic rings. The number of carbonyl (C=O) groups excluding carboxylic acids is 1. The monoisotopic (exact) mass is 247 g/mol. The summed E-state index contributed by atoms with van der Waals surface area (Å²) in [6.45, 7) is 0.714. The summed E-state index contributed by atoms with van der Waals surface area (Å²) in [7, 11) is 0. The van der Waals surface area contributed by atoms with Gasteiger partial charge in [0.25, 0.3) is 0 Å². The standard InChI is InChI=1S/C13H12ClN2O/c14-8-13(17)12-10-16(7-6-15-12)9-11-4-2-1-3-5-11/h1-7,10H,8-9H2/q+1. The molecule has 0 radical (unpaired) electrons. The van der Waals surface area contributed by atoms with Gasteiger partial charge in [0.2, 0.25) is 5.78 Å². The molecule has 0 amide bonds. The number of alkyl halides is 1. The quantitative estimate of drug-likeness (QED) is 0.469. The molecule has 3 nitrogen and oxygen atoms in total. The number of carbonyl (C=O) groups is 1. The summed E-state index contributed by atoms with van der Waals surface area (Å²) in [6.07, 6.45) is 5.17. The lowest BCUT2D eigenvalue weighted by Gasteiger charge is -1.98. The molecule has 1 heterocycles. The van der Waals surface area contributed by atoms with Gasteiger partial charge < -0.3 is 0 Å². The first-order chi connectivity index (χ1) is 8.29. The predicted molar refractivity (Wildman–Crippen MR) is 65.0 cm³/mol. The van der Waals surface area contributed by atoms with Crippen LogP contribution in [0.4, 0.5) is 0 Å². The first-order valence-electron chi connectivity index (χ1n) is 5.28. The van der Waals surface area contributed by atoms with E-state index >= 15 is 0 Å². The van der Waals surface area contributed by atoms with Crippen molar-refractivity contribution in [2.75, 3.05) is 5.88 Å². The Morgan fingerprint density at radius 1 is 1.29 bits per heavy atom. The van der Waals surface area contributed by atoms with Crippen molar-refractivity contribution in [2.45, 2.75) is 6.54 Å². The van der Waals surface area contributed by atoms with E-state index < -0.39 is 0 Å². The van der Waals surface area contributed by atoms with Crippen molar-refractivity contribution in [3.05, 3.63) is 60.2 Å². The van der Waals surface area contributed by atoms with Crippen LogP contribution in [-0.4, -0.2) is 16.6 Å². The topological polar surface area (TPSA) is 33.8 Å². The average molecular weight is 248 g/mol. The fourth-order valence-corrected chi connectivity index (χ4v) is 1.67. The first kappa shape index (κ1) is 11.7. The third kappa shape index (κ3) is 3.11. The van der Waals surface area contributed by atoms with Gasteiger partial charge in [0.15, 0.2) is 24.6 Å². The molecule has 0 atom stereocenters. The lowest BCUT2D eigenvalue weighted by molar-refractivity contribution is -0.689. The molecule has 0 aliphatic heterocycles. The van der Waals surface area contributed by atoms with Crippen LogP contribution >= 0.6 is 11.6 Å². The Bertz CT molecular complexity index is 514. The molecule has 17 heavy (non-hydrogen) atoms. The number of benzene rings is 1. The van der Waals surface area contributed by atoms with Gasteiger partial charge in [0.05, 0.1) is 12.1 Å². The highest BCUT2D eigenvalue weighted by atomic mass is 35.5. The molecule has 0 saturated carbocycles. The molecule has 1 aromatic heterocycles. The van der Waals surface area contributed by atoms with Crippen molar-refractivity contribution in [1.82, 2.24) is 4.98 Å².